The molecule has 0 saturated heterocycles. The number of methoxy groups -OCH3 is 1. The Hall–Kier alpha value is -3.15. The number of rotatable bonds is 4. The van der Waals surface area contributed by atoms with Crippen molar-refractivity contribution in [2.24, 2.45) is 0 Å². The zero-order valence-corrected chi connectivity index (χ0v) is 13.3. The third-order valence-electron chi connectivity index (χ3n) is 3.61. The fraction of sp³-hybridized carbons (Fsp3) is 0.167. The van der Waals surface area contributed by atoms with Crippen molar-refractivity contribution in [3.05, 3.63) is 70.3 Å². The Labute approximate surface area is 138 Å². The Morgan fingerprint density at radius 1 is 1.17 bits per heavy atom. The Balaban J connectivity index is 1.85. The van der Waals surface area contributed by atoms with Crippen LogP contribution in [0.25, 0.3) is 10.9 Å². The molecule has 0 amide bonds. The number of hydrogen-bond donors (Lipinski definition) is 1. The van der Waals surface area contributed by atoms with Gasteiger partial charge in [-0.3, -0.25) is 4.79 Å². The second-order valence-corrected chi connectivity index (χ2v) is 5.25. The lowest BCUT2D eigenvalue weighted by atomic mass is 10.2. The van der Waals surface area contributed by atoms with Gasteiger partial charge in [0.05, 0.1) is 23.6 Å². The van der Waals surface area contributed by atoms with E-state index in [1.165, 1.54) is 7.11 Å². The maximum atomic E-state index is 12.2. The molecule has 1 heterocycles. The van der Waals surface area contributed by atoms with Crippen molar-refractivity contribution in [3.8, 4) is 5.75 Å². The average Bonchev–Trinajstić information content (AvgIpc) is 2.61. The molecule has 2 aromatic carbocycles. The van der Waals surface area contributed by atoms with Crippen molar-refractivity contribution in [3.63, 3.8) is 0 Å². The number of H-pyrrole nitrogens is 1. The third-order valence-corrected chi connectivity index (χ3v) is 3.61. The third kappa shape index (κ3) is 3.12. The van der Waals surface area contributed by atoms with Crippen molar-refractivity contribution in [1.82, 2.24) is 9.97 Å². The molecule has 0 aliphatic rings. The minimum absolute atomic E-state index is 0.264. The summed E-state index contributed by atoms with van der Waals surface area (Å²) in [7, 11) is 1.52. The summed E-state index contributed by atoms with van der Waals surface area (Å²) in [5.74, 6) is 0.349. The van der Waals surface area contributed by atoms with Gasteiger partial charge in [0.2, 0.25) is 0 Å². The van der Waals surface area contributed by atoms with E-state index in [1.807, 2.05) is 0 Å². The quantitative estimate of drug-likeness (QED) is 0.746. The first kappa shape index (κ1) is 15.7. The molecular weight excluding hydrogens is 308 g/mol. The molecule has 0 bridgehead atoms. The molecule has 1 N–H and O–H groups in total. The molecule has 0 radical (unpaired) electrons. The van der Waals surface area contributed by atoms with Gasteiger partial charge in [-0.15, -0.1) is 0 Å². The zero-order valence-electron chi connectivity index (χ0n) is 13.3. The maximum absolute atomic E-state index is 12.2. The van der Waals surface area contributed by atoms with Gasteiger partial charge in [0.1, 0.15) is 5.75 Å². The summed E-state index contributed by atoms with van der Waals surface area (Å²) < 4.78 is 10.5. The van der Waals surface area contributed by atoms with Crippen LogP contribution in [0.3, 0.4) is 0 Å². The fourth-order valence-electron chi connectivity index (χ4n) is 2.33. The van der Waals surface area contributed by atoms with Crippen LogP contribution in [0.5, 0.6) is 5.75 Å². The number of nitrogens with one attached hydrogen (secondary N) is 1. The van der Waals surface area contributed by atoms with E-state index in [-0.39, 0.29) is 5.56 Å². The lowest BCUT2D eigenvalue weighted by Gasteiger charge is -2.13. The largest absolute Gasteiger partial charge is 0.497 e. The smallest absolute Gasteiger partial charge is 0.338 e. The average molecular weight is 324 g/mol. The molecule has 0 fully saturated rings. The Morgan fingerprint density at radius 3 is 2.75 bits per heavy atom. The standard InChI is InChI=1S/C18H16N2O4/c1-11(24-18(22)12-6-5-7-13(10-12)23-2)16-19-15-9-4-3-8-14(15)17(21)20-16/h3-11H,1-2H3,(H,19,20,21). The lowest BCUT2D eigenvalue weighted by molar-refractivity contribution is 0.0319. The van der Waals surface area contributed by atoms with Crippen molar-refractivity contribution >= 4 is 16.9 Å². The number of benzene rings is 2. The number of hydrogen-bond acceptors (Lipinski definition) is 5. The van der Waals surface area contributed by atoms with Gasteiger partial charge in [0.25, 0.3) is 5.56 Å². The summed E-state index contributed by atoms with van der Waals surface area (Å²) in [6.45, 7) is 1.66. The van der Waals surface area contributed by atoms with Crippen LogP contribution in [0.1, 0.15) is 29.2 Å². The van der Waals surface area contributed by atoms with E-state index < -0.39 is 12.1 Å². The molecule has 0 aliphatic heterocycles. The van der Waals surface area contributed by atoms with Crippen LogP contribution >= 0.6 is 0 Å². The SMILES string of the molecule is COc1cccc(C(=O)OC(C)c2nc3ccccc3c(=O)[nH]2)c1. The molecule has 6 heteroatoms. The maximum Gasteiger partial charge on any atom is 0.338 e. The van der Waals surface area contributed by atoms with Gasteiger partial charge in [-0.2, -0.15) is 0 Å². The van der Waals surface area contributed by atoms with Crippen molar-refractivity contribution < 1.29 is 14.3 Å². The predicted octanol–water partition coefficient (Wildman–Crippen LogP) is 2.85. The minimum Gasteiger partial charge on any atom is -0.497 e. The minimum atomic E-state index is -0.694. The Kier molecular flexibility index (Phi) is 4.29. The van der Waals surface area contributed by atoms with E-state index in [2.05, 4.69) is 9.97 Å². The van der Waals surface area contributed by atoms with E-state index in [1.54, 1.807) is 55.5 Å². The number of aromatic nitrogens is 2. The van der Waals surface area contributed by atoms with Gasteiger partial charge in [-0.1, -0.05) is 18.2 Å². The molecule has 1 aromatic heterocycles. The Bertz CT molecular complexity index is 949. The van der Waals surface area contributed by atoms with Crippen LogP contribution < -0.4 is 10.3 Å². The first-order chi connectivity index (χ1) is 11.6. The first-order valence-corrected chi connectivity index (χ1v) is 7.42. The molecule has 1 atom stereocenters. The molecule has 0 saturated carbocycles. The van der Waals surface area contributed by atoms with Gasteiger partial charge < -0.3 is 14.5 Å². The number of ether oxygens (including phenoxy) is 2. The number of nitrogens with zero attached hydrogens (tertiary/aromatic N) is 1. The molecule has 0 spiro atoms. The summed E-state index contributed by atoms with van der Waals surface area (Å²) in [5, 5.41) is 0.493. The molecule has 6 nitrogen and oxygen atoms in total. The summed E-state index contributed by atoms with van der Waals surface area (Å²) in [6, 6.07) is 13.7. The molecule has 3 rings (SSSR count). The second-order valence-electron chi connectivity index (χ2n) is 5.25. The topological polar surface area (TPSA) is 81.3 Å². The van der Waals surface area contributed by atoms with Gasteiger partial charge in [-0.05, 0) is 37.3 Å². The van der Waals surface area contributed by atoms with Gasteiger partial charge in [0.15, 0.2) is 11.9 Å². The van der Waals surface area contributed by atoms with Crippen LogP contribution in [-0.4, -0.2) is 23.0 Å². The van der Waals surface area contributed by atoms with Gasteiger partial charge >= 0.3 is 5.97 Å². The number of carbonyl (C=O) groups excluding carboxylic acids is 1. The van der Waals surface area contributed by atoms with E-state index in [9.17, 15) is 9.59 Å². The van der Waals surface area contributed by atoms with Crippen LogP contribution in [0, 0.1) is 0 Å². The molecule has 1 unspecified atom stereocenters. The van der Waals surface area contributed by atoms with Crippen LogP contribution in [0.15, 0.2) is 53.3 Å². The monoisotopic (exact) mass is 324 g/mol. The highest BCUT2D eigenvalue weighted by molar-refractivity contribution is 5.90. The van der Waals surface area contributed by atoms with Crippen molar-refractivity contribution in [1.29, 1.82) is 0 Å². The predicted molar refractivity (Wildman–Crippen MR) is 89.2 cm³/mol. The molecule has 0 aliphatic carbocycles. The number of fused-ring (bicyclic) bond motifs is 1. The molecular formula is C18H16N2O4. The van der Waals surface area contributed by atoms with Crippen LogP contribution in [0.4, 0.5) is 0 Å². The van der Waals surface area contributed by atoms with Gasteiger partial charge in [0, 0.05) is 0 Å². The fourth-order valence-corrected chi connectivity index (χ4v) is 2.33. The first-order valence-electron chi connectivity index (χ1n) is 7.42. The summed E-state index contributed by atoms with van der Waals surface area (Å²) in [5.41, 5.74) is 0.657. The summed E-state index contributed by atoms with van der Waals surface area (Å²) in [4.78, 5) is 31.4. The van der Waals surface area contributed by atoms with Gasteiger partial charge in [-0.25, -0.2) is 9.78 Å². The molecule has 3 aromatic rings. The van der Waals surface area contributed by atoms with E-state index in [4.69, 9.17) is 9.47 Å². The summed E-state index contributed by atoms with van der Waals surface area (Å²) >= 11 is 0. The number of para-hydroxylation sites is 1. The number of carbonyl (C=O) groups is 1. The normalized spacial score (nSPS) is 11.9. The van der Waals surface area contributed by atoms with E-state index >= 15 is 0 Å². The van der Waals surface area contributed by atoms with Crippen molar-refractivity contribution in [2.45, 2.75) is 13.0 Å². The zero-order chi connectivity index (χ0) is 17.1. The van der Waals surface area contributed by atoms with E-state index in [0.29, 0.717) is 28.0 Å². The highest BCUT2D eigenvalue weighted by Gasteiger charge is 2.17. The van der Waals surface area contributed by atoms with Crippen LogP contribution in [-0.2, 0) is 4.74 Å². The Morgan fingerprint density at radius 2 is 1.96 bits per heavy atom. The molecule has 24 heavy (non-hydrogen) atoms. The number of aromatic amines is 1. The highest BCUT2D eigenvalue weighted by Crippen LogP contribution is 2.18. The van der Waals surface area contributed by atoms with Crippen LogP contribution in [0.2, 0.25) is 0 Å². The number of esters is 1. The molecule has 122 valence electrons. The highest BCUT2D eigenvalue weighted by atomic mass is 16.5. The van der Waals surface area contributed by atoms with Crippen molar-refractivity contribution in [2.75, 3.05) is 7.11 Å². The summed E-state index contributed by atoms with van der Waals surface area (Å²) in [6.07, 6.45) is -0.694. The van der Waals surface area contributed by atoms with E-state index in [0.717, 1.165) is 0 Å². The lowest BCUT2D eigenvalue weighted by Crippen LogP contribution is -2.17. The second kappa shape index (κ2) is 6.54.